The number of rotatable bonds is 4. The zero-order valence-electron chi connectivity index (χ0n) is 15.7. The maximum Gasteiger partial charge on any atom is 0.257 e. The van der Waals surface area contributed by atoms with Gasteiger partial charge in [-0.3, -0.25) is 9.69 Å². The lowest BCUT2D eigenvalue weighted by Crippen LogP contribution is -2.49. The van der Waals surface area contributed by atoms with Crippen LogP contribution in [0.1, 0.15) is 35.6 Å². The number of benzene rings is 1. The molecule has 0 saturated carbocycles. The average Bonchev–Trinajstić information content (AvgIpc) is 2.90. The molecule has 134 valence electrons. The van der Waals surface area contributed by atoms with E-state index in [1.807, 2.05) is 53.8 Å². The third kappa shape index (κ3) is 3.76. The predicted molar refractivity (Wildman–Crippen MR) is 100 cm³/mol. The monoisotopic (exact) mass is 340 g/mol. The number of piperazine rings is 1. The van der Waals surface area contributed by atoms with Crippen LogP contribution in [0.3, 0.4) is 0 Å². The zero-order chi connectivity index (χ0) is 18.0. The van der Waals surface area contributed by atoms with Gasteiger partial charge in [-0.25, -0.2) is 4.68 Å². The smallest absolute Gasteiger partial charge is 0.257 e. The standard InChI is InChI=1S/C20H28N4O/c1-15(2)14-22-10-12-23(13-11-22)20(25)19-16(3)21-24(17(19)4)18-8-6-5-7-9-18/h5-9,15H,10-14H2,1-4H3. The van der Waals surface area contributed by atoms with Gasteiger partial charge in [0.1, 0.15) is 0 Å². The van der Waals surface area contributed by atoms with Crippen LogP contribution >= 0.6 is 0 Å². The molecule has 0 atom stereocenters. The number of amides is 1. The minimum absolute atomic E-state index is 0.112. The van der Waals surface area contributed by atoms with E-state index in [2.05, 4.69) is 23.8 Å². The molecule has 2 heterocycles. The second kappa shape index (κ2) is 7.40. The lowest BCUT2D eigenvalue weighted by Gasteiger charge is -2.35. The van der Waals surface area contributed by atoms with Gasteiger partial charge >= 0.3 is 0 Å². The molecule has 1 amide bonds. The van der Waals surface area contributed by atoms with Gasteiger partial charge in [-0.15, -0.1) is 0 Å². The minimum Gasteiger partial charge on any atom is -0.336 e. The number of hydrogen-bond donors (Lipinski definition) is 0. The van der Waals surface area contributed by atoms with E-state index in [9.17, 15) is 4.79 Å². The van der Waals surface area contributed by atoms with Crippen molar-refractivity contribution in [2.24, 2.45) is 5.92 Å². The van der Waals surface area contributed by atoms with Crippen LogP contribution in [0.5, 0.6) is 0 Å². The van der Waals surface area contributed by atoms with Crippen molar-refractivity contribution in [2.75, 3.05) is 32.7 Å². The van der Waals surface area contributed by atoms with Crippen molar-refractivity contribution < 1.29 is 4.79 Å². The quantitative estimate of drug-likeness (QED) is 0.859. The maximum absolute atomic E-state index is 13.1. The molecule has 5 nitrogen and oxygen atoms in total. The Balaban J connectivity index is 1.76. The van der Waals surface area contributed by atoms with Gasteiger partial charge in [0.25, 0.3) is 5.91 Å². The molecule has 1 aliphatic heterocycles. The molecule has 1 aliphatic rings. The molecular formula is C20H28N4O. The predicted octanol–water partition coefficient (Wildman–Crippen LogP) is 2.90. The second-order valence-corrected chi connectivity index (χ2v) is 7.28. The highest BCUT2D eigenvalue weighted by molar-refractivity contribution is 5.96. The minimum atomic E-state index is 0.112. The fourth-order valence-electron chi connectivity index (χ4n) is 3.58. The van der Waals surface area contributed by atoms with Crippen LogP contribution < -0.4 is 0 Å². The van der Waals surface area contributed by atoms with E-state index in [1.54, 1.807) is 0 Å². The molecule has 1 aromatic heterocycles. The van der Waals surface area contributed by atoms with E-state index in [4.69, 9.17) is 0 Å². The van der Waals surface area contributed by atoms with Crippen molar-refractivity contribution in [3.8, 4) is 5.69 Å². The van der Waals surface area contributed by atoms with Crippen LogP contribution in [-0.4, -0.2) is 58.2 Å². The molecule has 3 rings (SSSR count). The van der Waals surface area contributed by atoms with Crippen LogP contribution in [0.25, 0.3) is 5.69 Å². The van der Waals surface area contributed by atoms with Gasteiger partial charge < -0.3 is 4.90 Å². The van der Waals surface area contributed by atoms with Gasteiger partial charge in [-0.2, -0.15) is 5.10 Å². The summed E-state index contributed by atoms with van der Waals surface area (Å²) >= 11 is 0. The topological polar surface area (TPSA) is 41.4 Å². The number of hydrogen-bond acceptors (Lipinski definition) is 3. The lowest BCUT2D eigenvalue weighted by atomic mass is 10.1. The molecule has 1 saturated heterocycles. The van der Waals surface area contributed by atoms with Gasteiger partial charge in [0, 0.05) is 32.7 Å². The van der Waals surface area contributed by atoms with Crippen molar-refractivity contribution in [2.45, 2.75) is 27.7 Å². The highest BCUT2D eigenvalue weighted by Crippen LogP contribution is 2.20. The van der Waals surface area contributed by atoms with Crippen molar-refractivity contribution >= 4 is 5.91 Å². The number of carbonyl (C=O) groups is 1. The number of carbonyl (C=O) groups excluding carboxylic acids is 1. The summed E-state index contributed by atoms with van der Waals surface area (Å²) in [5, 5.41) is 4.61. The lowest BCUT2D eigenvalue weighted by molar-refractivity contribution is 0.0622. The van der Waals surface area contributed by atoms with Crippen molar-refractivity contribution in [1.82, 2.24) is 19.6 Å². The second-order valence-electron chi connectivity index (χ2n) is 7.28. The largest absolute Gasteiger partial charge is 0.336 e. The Morgan fingerprint density at radius 3 is 2.32 bits per heavy atom. The Labute approximate surface area is 150 Å². The Hall–Kier alpha value is -2.14. The van der Waals surface area contributed by atoms with Crippen molar-refractivity contribution in [1.29, 1.82) is 0 Å². The van der Waals surface area contributed by atoms with Crippen LogP contribution in [0.15, 0.2) is 30.3 Å². The SMILES string of the molecule is Cc1nn(-c2ccccc2)c(C)c1C(=O)N1CCN(CC(C)C)CC1. The van der Waals surface area contributed by atoms with E-state index in [0.29, 0.717) is 5.92 Å². The normalized spacial score (nSPS) is 15.8. The molecule has 0 unspecified atom stereocenters. The van der Waals surface area contributed by atoms with Gasteiger partial charge in [-0.1, -0.05) is 32.0 Å². The number of para-hydroxylation sites is 1. The molecular weight excluding hydrogens is 312 g/mol. The van der Waals surface area contributed by atoms with E-state index in [1.165, 1.54) is 0 Å². The first-order valence-electron chi connectivity index (χ1n) is 9.10. The molecule has 0 N–H and O–H groups in total. The first kappa shape index (κ1) is 17.7. The van der Waals surface area contributed by atoms with E-state index < -0.39 is 0 Å². The van der Waals surface area contributed by atoms with Gasteiger partial charge in [-0.05, 0) is 31.9 Å². The third-order valence-electron chi connectivity index (χ3n) is 4.79. The molecule has 0 bridgehead atoms. The Morgan fingerprint density at radius 2 is 1.72 bits per heavy atom. The molecule has 0 radical (unpaired) electrons. The summed E-state index contributed by atoms with van der Waals surface area (Å²) in [5.41, 5.74) is 3.46. The summed E-state index contributed by atoms with van der Waals surface area (Å²) in [6.07, 6.45) is 0. The molecule has 0 aliphatic carbocycles. The van der Waals surface area contributed by atoms with Gasteiger partial charge in [0.15, 0.2) is 0 Å². The summed E-state index contributed by atoms with van der Waals surface area (Å²) < 4.78 is 1.87. The summed E-state index contributed by atoms with van der Waals surface area (Å²) in [4.78, 5) is 17.5. The van der Waals surface area contributed by atoms with Crippen molar-refractivity contribution in [3.63, 3.8) is 0 Å². The van der Waals surface area contributed by atoms with Gasteiger partial charge in [0.05, 0.1) is 22.6 Å². The highest BCUT2D eigenvalue weighted by Gasteiger charge is 2.27. The Kier molecular flexibility index (Phi) is 5.23. The summed E-state index contributed by atoms with van der Waals surface area (Å²) in [6.45, 7) is 13.0. The zero-order valence-corrected chi connectivity index (χ0v) is 15.7. The number of aryl methyl sites for hydroxylation is 1. The number of nitrogens with zero attached hydrogens (tertiary/aromatic N) is 4. The summed E-state index contributed by atoms with van der Waals surface area (Å²) in [6, 6.07) is 9.98. The molecule has 1 fully saturated rings. The highest BCUT2D eigenvalue weighted by atomic mass is 16.2. The van der Waals surface area contributed by atoms with Crippen LogP contribution in [0.2, 0.25) is 0 Å². The third-order valence-corrected chi connectivity index (χ3v) is 4.79. The Morgan fingerprint density at radius 1 is 1.08 bits per heavy atom. The van der Waals surface area contributed by atoms with E-state index in [-0.39, 0.29) is 5.91 Å². The average molecular weight is 340 g/mol. The molecule has 2 aromatic rings. The fraction of sp³-hybridized carbons (Fsp3) is 0.500. The fourth-order valence-corrected chi connectivity index (χ4v) is 3.58. The molecule has 1 aromatic carbocycles. The van der Waals surface area contributed by atoms with E-state index in [0.717, 1.165) is 55.4 Å². The summed E-state index contributed by atoms with van der Waals surface area (Å²) in [7, 11) is 0. The molecule has 25 heavy (non-hydrogen) atoms. The van der Waals surface area contributed by atoms with Crippen LogP contribution in [-0.2, 0) is 0 Å². The van der Waals surface area contributed by atoms with Gasteiger partial charge in [0.2, 0.25) is 0 Å². The first-order chi connectivity index (χ1) is 12.0. The van der Waals surface area contributed by atoms with Crippen LogP contribution in [0.4, 0.5) is 0 Å². The molecule has 0 spiro atoms. The van der Waals surface area contributed by atoms with Crippen LogP contribution in [0, 0.1) is 19.8 Å². The van der Waals surface area contributed by atoms with Crippen molar-refractivity contribution in [3.05, 3.63) is 47.3 Å². The first-order valence-corrected chi connectivity index (χ1v) is 9.10. The summed E-state index contributed by atoms with van der Waals surface area (Å²) in [5.74, 6) is 0.775. The number of aromatic nitrogens is 2. The molecule has 5 heteroatoms. The maximum atomic E-state index is 13.1. The Bertz CT molecular complexity index is 728. The van der Waals surface area contributed by atoms with E-state index >= 15 is 0 Å².